The normalized spacial score (nSPS) is 10.8. The largest absolute Gasteiger partial charge is 0.493 e. The van der Waals surface area contributed by atoms with E-state index < -0.39 is 0 Å². The fraction of sp³-hybridized carbons (Fsp3) is 0.150. The number of nitrogens with zero attached hydrogens (tertiary/aromatic N) is 3. The summed E-state index contributed by atoms with van der Waals surface area (Å²) >= 11 is 1.63. The van der Waals surface area contributed by atoms with Crippen LogP contribution in [0.25, 0.3) is 34.1 Å². The maximum atomic E-state index is 5.46. The van der Waals surface area contributed by atoms with Crippen molar-refractivity contribution >= 4 is 11.3 Å². The lowest BCUT2D eigenvalue weighted by Crippen LogP contribution is -1.93. The van der Waals surface area contributed by atoms with Gasteiger partial charge in [-0.05, 0) is 19.1 Å². The van der Waals surface area contributed by atoms with E-state index in [0.717, 1.165) is 21.8 Å². The molecule has 6 nitrogen and oxygen atoms in total. The van der Waals surface area contributed by atoms with Gasteiger partial charge in [-0.3, -0.25) is 0 Å². The van der Waals surface area contributed by atoms with Gasteiger partial charge in [0.15, 0.2) is 11.5 Å². The average Bonchev–Trinajstić information content (AvgIpc) is 3.37. The Bertz CT molecular complexity index is 1070. The molecular weight excluding hydrogens is 362 g/mol. The van der Waals surface area contributed by atoms with Gasteiger partial charge in [0.05, 0.1) is 30.5 Å². The Morgan fingerprint density at radius 3 is 2.37 bits per heavy atom. The molecular formula is C20H17N3O3S. The van der Waals surface area contributed by atoms with Gasteiger partial charge in [-0.1, -0.05) is 35.5 Å². The van der Waals surface area contributed by atoms with Gasteiger partial charge >= 0.3 is 0 Å². The van der Waals surface area contributed by atoms with E-state index in [4.69, 9.17) is 14.0 Å². The summed E-state index contributed by atoms with van der Waals surface area (Å²) in [6.07, 6.45) is 0. The second-order valence-electron chi connectivity index (χ2n) is 5.79. The Hall–Kier alpha value is -3.19. The molecule has 0 amide bonds. The van der Waals surface area contributed by atoms with Crippen molar-refractivity contribution in [3.05, 3.63) is 52.9 Å². The number of methoxy groups -OCH3 is 2. The first-order valence-electron chi connectivity index (χ1n) is 8.27. The highest BCUT2D eigenvalue weighted by atomic mass is 32.1. The van der Waals surface area contributed by atoms with Gasteiger partial charge in [0, 0.05) is 16.5 Å². The van der Waals surface area contributed by atoms with Crippen LogP contribution in [0.5, 0.6) is 11.5 Å². The van der Waals surface area contributed by atoms with Crippen molar-refractivity contribution in [2.75, 3.05) is 14.2 Å². The predicted octanol–water partition coefficient (Wildman–Crippen LogP) is 4.85. The minimum atomic E-state index is 0.375. The smallest absolute Gasteiger partial charge is 0.262 e. The van der Waals surface area contributed by atoms with Crippen LogP contribution in [0, 0.1) is 6.92 Å². The number of thiazole rings is 1. The van der Waals surface area contributed by atoms with E-state index >= 15 is 0 Å². The molecule has 0 spiro atoms. The van der Waals surface area contributed by atoms with Crippen molar-refractivity contribution in [2.45, 2.75) is 6.92 Å². The minimum absolute atomic E-state index is 0.375. The zero-order valence-electron chi connectivity index (χ0n) is 15.1. The van der Waals surface area contributed by atoms with Gasteiger partial charge in [-0.2, -0.15) is 4.98 Å². The number of aromatic nitrogens is 3. The molecule has 0 aliphatic carbocycles. The van der Waals surface area contributed by atoms with Crippen LogP contribution < -0.4 is 9.47 Å². The van der Waals surface area contributed by atoms with E-state index in [0.29, 0.717) is 28.8 Å². The summed E-state index contributed by atoms with van der Waals surface area (Å²) in [5, 5.41) is 7.20. The van der Waals surface area contributed by atoms with Gasteiger partial charge in [0.25, 0.3) is 5.89 Å². The van der Waals surface area contributed by atoms with Crippen LogP contribution in [-0.4, -0.2) is 29.3 Å². The van der Waals surface area contributed by atoms with Gasteiger partial charge in [-0.25, -0.2) is 4.98 Å². The molecule has 0 bridgehead atoms. The predicted molar refractivity (Wildman–Crippen MR) is 104 cm³/mol. The van der Waals surface area contributed by atoms with Crippen molar-refractivity contribution in [2.24, 2.45) is 0 Å². The third-order valence-corrected chi connectivity index (χ3v) is 4.89. The molecule has 2 aromatic carbocycles. The Kier molecular flexibility index (Phi) is 4.60. The van der Waals surface area contributed by atoms with Gasteiger partial charge in [0.2, 0.25) is 5.82 Å². The van der Waals surface area contributed by atoms with E-state index in [1.54, 1.807) is 25.6 Å². The molecule has 0 aliphatic rings. The van der Waals surface area contributed by atoms with Crippen LogP contribution in [0.2, 0.25) is 0 Å². The third-order valence-electron chi connectivity index (χ3n) is 4.12. The number of hydrogen-bond acceptors (Lipinski definition) is 7. The third kappa shape index (κ3) is 3.29. The van der Waals surface area contributed by atoms with Crippen molar-refractivity contribution in [1.29, 1.82) is 0 Å². The number of benzene rings is 2. The molecule has 0 N–H and O–H groups in total. The zero-order valence-corrected chi connectivity index (χ0v) is 15.9. The van der Waals surface area contributed by atoms with Gasteiger partial charge in [-0.15, -0.1) is 11.3 Å². The molecule has 0 fully saturated rings. The molecule has 0 radical (unpaired) electrons. The molecule has 27 heavy (non-hydrogen) atoms. The Balaban J connectivity index is 1.65. The topological polar surface area (TPSA) is 70.3 Å². The second kappa shape index (κ2) is 7.20. The fourth-order valence-corrected chi connectivity index (χ4v) is 3.41. The maximum absolute atomic E-state index is 5.46. The van der Waals surface area contributed by atoms with Crippen LogP contribution in [0.1, 0.15) is 5.01 Å². The van der Waals surface area contributed by atoms with E-state index in [2.05, 4.69) is 15.1 Å². The van der Waals surface area contributed by atoms with E-state index in [-0.39, 0.29) is 0 Å². The van der Waals surface area contributed by atoms with Crippen molar-refractivity contribution < 1.29 is 14.0 Å². The summed E-state index contributed by atoms with van der Waals surface area (Å²) < 4.78 is 16.2. The van der Waals surface area contributed by atoms with Gasteiger partial charge < -0.3 is 14.0 Å². The molecule has 0 atom stereocenters. The molecule has 0 unspecified atom stereocenters. The van der Waals surface area contributed by atoms with E-state index in [9.17, 15) is 0 Å². The lowest BCUT2D eigenvalue weighted by atomic mass is 10.1. The van der Waals surface area contributed by atoms with E-state index in [1.807, 2.05) is 54.8 Å². The molecule has 0 aliphatic heterocycles. The molecule has 136 valence electrons. The first-order valence-corrected chi connectivity index (χ1v) is 9.15. The molecule has 0 saturated heterocycles. The average molecular weight is 379 g/mol. The molecule has 7 heteroatoms. The fourth-order valence-electron chi connectivity index (χ4n) is 2.79. The SMILES string of the molecule is COc1cccc(-c2nc(-c3ccc(-c4csc(C)n4)cc3)no2)c1OC. The van der Waals surface area contributed by atoms with Crippen molar-refractivity contribution in [3.63, 3.8) is 0 Å². The highest BCUT2D eigenvalue weighted by Crippen LogP contribution is 2.37. The highest BCUT2D eigenvalue weighted by molar-refractivity contribution is 7.09. The quantitative estimate of drug-likeness (QED) is 0.493. The summed E-state index contributed by atoms with van der Waals surface area (Å²) in [7, 11) is 3.17. The molecule has 4 aromatic rings. The van der Waals surface area contributed by atoms with Crippen LogP contribution in [0.3, 0.4) is 0 Å². The number of hydrogen-bond donors (Lipinski definition) is 0. The summed E-state index contributed by atoms with van der Waals surface area (Å²) in [6, 6.07) is 13.5. The Labute approximate surface area is 160 Å². The number of aryl methyl sites for hydroxylation is 1. The van der Waals surface area contributed by atoms with E-state index in [1.165, 1.54) is 0 Å². The van der Waals surface area contributed by atoms with Crippen LogP contribution >= 0.6 is 11.3 Å². The highest BCUT2D eigenvalue weighted by Gasteiger charge is 2.18. The summed E-state index contributed by atoms with van der Waals surface area (Å²) in [4.78, 5) is 9.02. The molecule has 0 saturated carbocycles. The zero-order chi connectivity index (χ0) is 18.8. The maximum Gasteiger partial charge on any atom is 0.262 e. The van der Waals surface area contributed by atoms with Crippen LogP contribution in [-0.2, 0) is 0 Å². The van der Waals surface area contributed by atoms with Crippen LogP contribution in [0.15, 0.2) is 52.4 Å². The second-order valence-corrected chi connectivity index (χ2v) is 6.86. The van der Waals surface area contributed by atoms with Crippen molar-refractivity contribution in [1.82, 2.24) is 15.1 Å². The monoisotopic (exact) mass is 379 g/mol. The Morgan fingerprint density at radius 1 is 0.926 bits per heavy atom. The first-order chi connectivity index (χ1) is 13.2. The number of para-hydroxylation sites is 1. The first kappa shape index (κ1) is 17.2. The standard InChI is InChI=1S/C20H17N3O3S/c1-12-21-16(11-27-12)13-7-9-14(10-8-13)19-22-20(26-23-19)15-5-4-6-17(24-2)18(15)25-3/h4-11H,1-3H3. The van der Waals surface area contributed by atoms with Crippen molar-refractivity contribution in [3.8, 4) is 45.6 Å². The Morgan fingerprint density at radius 2 is 1.70 bits per heavy atom. The summed E-state index contributed by atoms with van der Waals surface area (Å²) in [6.45, 7) is 2.00. The molecule has 4 rings (SSSR count). The number of rotatable bonds is 5. The lowest BCUT2D eigenvalue weighted by molar-refractivity contribution is 0.353. The van der Waals surface area contributed by atoms with Gasteiger partial charge in [0.1, 0.15) is 0 Å². The van der Waals surface area contributed by atoms with Crippen LogP contribution in [0.4, 0.5) is 0 Å². The molecule has 2 aromatic heterocycles. The minimum Gasteiger partial charge on any atom is -0.493 e. The summed E-state index contributed by atoms with van der Waals surface area (Å²) in [5.41, 5.74) is 3.58. The lowest BCUT2D eigenvalue weighted by Gasteiger charge is -2.09. The molecule has 2 heterocycles. The summed E-state index contributed by atoms with van der Waals surface area (Å²) in [5.74, 6) is 2.05. The number of ether oxygens (including phenoxy) is 2.